The Hall–Kier alpha value is -4.77. The van der Waals surface area contributed by atoms with Crippen LogP contribution in [0.3, 0.4) is 0 Å². The second kappa shape index (κ2) is 10.2. The first-order chi connectivity index (χ1) is 17.6. The van der Waals surface area contributed by atoms with Crippen LogP contribution in [0.25, 0.3) is 16.9 Å². The van der Waals surface area contributed by atoms with E-state index in [4.69, 9.17) is 5.10 Å². The van der Waals surface area contributed by atoms with Crippen molar-refractivity contribution in [3.05, 3.63) is 143 Å². The molecule has 0 atom stereocenters. The molecule has 0 bridgehead atoms. The molecule has 0 aliphatic carbocycles. The summed E-state index contributed by atoms with van der Waals surface area (Å²) in [7, 11) is 0. The SMILES string of the molecule is Cc1ccc(C(=O)c2ccccc2C(=O)NCc2cn(-c3ccccc3)nc2-c2ccccc2)cc1. The quantitative estimate of drug-likeness (QED) is 0.296. The summed E-state index contributed by atoms with van der Waals surface area (Å²) in [6.07, 6.45) is 1.93. The third-order valence-electron chi connectivity index (χ3n) is 6.03. The van der Waals surface area contributed by atoms with Crippen LogP contribution in [-0.2, 0) is 6.54 Å². The number of carbonyl (C=O) groups excluding carboxylic acids is 2. The molecule has 0 spiro atoms. The number of aromatic nitrogens is 2. The molecule has 1 aromatic heterocycles. The predicted octanol–water partition coefficient (Wildman–Crippen LogP) is 6.01. The highest BCUT2D eigenvalue weighted by Gasteiger charge is 2.19. The standard InChI is InChI=1S/C31H25N3O2/c1-22-16-18-24(19-17-22)30(35)27-14-8-9-15-28(27)31(36)32-20-25-21-34(26-12-6-3-7-13-26)33-29(25)23-10-4-2-5-11-23/h2-19,21H,20H2,1H3,(H,32,36). The number of benzene rings is 4. The molecule has 176 valence electrons. The van der Waals surface area contributed by atoms with Gasteiger partial charge in [-0.15, -0.1) is 0 Å². The van der Waals surface area contributed by atoms with Crippen molar-refractivity contribution < 1.29 is 9.59 Å². The Bertz CT molecular complexity index is 1510. The number of rotatable bonds is 7. The Morgan fingerprint density at radius 1 is 0.750 bits per heavy atom. The highest BCUT2D eigenvalue weighted by Crippen LogP contribution is 2.24. The van der Waals surface area contributed by atoms with E-state index in [-0.39, 0.29) is 18.2 Å². The van der Waals surface area contributed by atoms with Crippen molar-refractivity contribution in [2.75, 3.05) is 0 Å². The van der Waals surface area contributed by atoms with Gasteiger partial charge in [0.25, 0.3) is 5.91 Å². The van der Waals surface area contributed by atoms with Gasteiger partial charge in [0.05, 0.1) is 16.9 Å². The summed E-state index contributed by atoms with van der Waals surface area (Å²) in [6.45, 7) is 2.24. The number of amides is 1. The number of nitrogens with one attached hydrogen (secondary N) is 1. The van der Waals surface area contributed by atoms with E-state index in [1.165, 1.54) is 0 Å². The van der Waals surface area contributed by atoms with Crippen LogP contribution in [0.2, 0.25) is 0 Å². The van der Waals surface area contributed by atoms with Crippen molar-refractivity contribution in [3.63, 3.8) is 0 Å². The molecular weight excluding hydrogens is 446 g/mol. The van der Waals surface area contributed by atoms with Crippen LogP contribution in [0.5, 0.6) is 0 Å². The van der Waals surface area contributed by atoms with Gasteiger partial charge in [0.2, 0.25) is 0 Å². The molecule has 4 aromatic carbocycles. The maximum absolute atomic E-state index is 13.3. The van der Waals surface area contributed by atoms with Gasteiger partial charge in [-0.2, -0.15) is 5.10 Å². The molecule has 5 rings (SSSR count). The van der Waals surface area contributed by atoms with Crippen LogP contribution in [0, 0.1) is 6.92 Å². The van der Waals surface area contributed by atoms with E-state index in [1.54, 1.807) is 36.4 Å². The third-order valence-corrected chi connectivity index (χ3v) is 6.03. The van der Waals surface area contributed by atoms with E-state index >= 15 is 0 Å². The van der Waals surface area contributed by atoms with Gasteiger partial charge in [-0.05, 0) is 25.1 Å². The highest BCUT2D eigenvalue weighted by atomic mass is 16.2. The van der Waals surface area contributed by atoms with Crippen molar-refractivity contribution in [2.24, 2.45) is 0 Å². The van der Waals surface area contributed by atoms with Crippen molar-refractivity contribution in [3.8, 4) is 16.9 Å². The van der Waals surface area contributed by atoms with E-state index < -0.39 is 0 Å². The maximum Gasteiger partial charge on any atom is 0.252 e. The van der Waals surface area contributed by atoms with Crippen molar-refractivity contribution >= 4 is 11.7 Å². The molecule has 0 radical (unpaired) electrons. The molecule has 5 heteroatoms. The van der Waals surface area contributed by atoms with Gasteiger partial charge >= 0.3 is 0 Å². The van der Waals surface area contributed by atoms with Crippen molar-refractivity contribution in [2.45, 2.75) is 13.5 Å². The minimum absolute atomic E-state index is 0.178. The Morgan fingerprint density at radius 3 is 2.06 bits per heavy atom. The Labute approximate surface area is 210 Å². The van der Waals surface area contributed by atoms with Crippen LogP contribution in [0.4, 0.5) is 0 Å². The third kappa shape index (κ3) is 4.86. The molecule has 1 amide bonds. The zero-order chi connectivity index (χ0) is 24.9. The monoisotopic (exact) mass is 471 g/mol. The molecule has 0 saturated heterocycles. The average Bonchev–Trinajstić information content (AvgIpc) is 3.37. The molecule has 0 unspecified atom stereocenters. The summed E-state index contributed by atoms with van der Waals surface area (Å²) in [4.78, 5) is 26.4. The van der Waals surface area contributed by atoms with Gasteiger partial charge in [-0.25, -0.2) is 4.68 Å². The van der Waals surface area contributed by atoms with Crippen LogP contribution >= 0.6 is 0 Å². The van der Waals surface area contributed by atoms with E-state index in [1.807, 2.05) is 90.6 Å². The van der Waals surface area contributed by atoms with Crippen LogP contribution in [0.1, 0.15) is 37.4 Å². The number of ketones is 1. The molecule has 36 heavy (non-hydrogen) atoms. The van der Waals surface area contributed by atoms with Gasteiger partial charge in [-0.1, -0.05) is 96.6 Å². The lowest BCUT2D eigenvalue weighted by atomic mass is 9.97. The second-order valence-corrected chi connectivity index (χ2v) is 8.57. The molecular formula is C31H25N3O2. The fourth-order valence-corrected chi connectivity index (χ4v) is 4.10. The molecule has 5 aromatic rings. The van der Waals surface area contributed by atoms with Gasteiger partial charge in [0.15, 0.2) is 5.78 Å². The van der Waals surface area contributed by atoms with Crippen LogP contribution in [0.15, 0.2) is 115 Å². The van der Waals surface area contributed by atoms with E-state index in [9.17, 15) is 9.59 Å². The zero-order valence-electron chi connectivity index (χ0n) is 19.9. The zero-order valence-corrected chi connectivity index (χ0v) is 19.9. The number of carbonyl (C=O) groups is 2. The van der Waals surface area contributed by atoms with Gasteiger partial charge in [0.1, 0.15) is 0 Å². The van der Waals surface area contributed by atoms with Crippen molar-refractivity contribution in [1.82, 2.24) is 15.1 Å². The summed E-state index contributed by atoms with van der Waals surface area (Å²) in [5, 5.41) is 7.81. The molecule has 0 aliphatic heterocycles. The number of hydrogen-bond acceptors (Lipinski definition) is 3. The van der Waals surface area contributed by atoms with E-state index in [2.05, 4.69) is 5.32 Å². The summed E-state index contributed by atoms with van der Waals surface area (Å²) in [5.41, 5.74) is 5.92. The first-order valence-electron chi connectivity index (χ1n) is 11.8. The average molecular weight is 472 g/mol. The lowest BCUT2D eigenvalue weighted by Gasteiger charge is -2.10. The first kappa shape index (κ1) is 23.0. The lowest BCUT2D eigenvalue weighted by Crippen LogP contribution is -2.25. The molecule has 0 fully saturated rings. The Kier molecular flexibility index (Phi) is 6.54. The minimum Gasteiger partial charge on any atom is -0.348 e. The van der Waals surface area contributed by atoms with Gasteiger partial charge in [-0.3, -0.25) is 9.59 Å². The minimum atomic E-state index is -0.308. The number of hydrogen-bond donors (Lipinski definition) is 1. The largest absolute Gasteiger partial charge is 0.348 e. The molecule has 5 nitrogen and oxygen atoms in total. The predicted molar refractivity (Wildman–Crippen MR) is 141 cm³/mol. The maximum atomic E-state index is 13.3. The lowest BCUT2D eigenvalue weighted by molar-refractivity contribution is 0.0939. The molecule has 1 N–H and O–H groups in total. The summed E-state index contributed by atoms with van der Waals surface area (Å²) in [5.74, 6) is -0.486. The topological polar surface area (TPSA) is 64.0 Å². The summed E-state index contributed by atoms with van der Waals surface area (Å²) in [6, 6.07) is 34.0. The van der Waals surface area contributed by atoms with Crippen molar-refractivity contribution in [1.29, 1.82) is 0 Å². The Balaban J connectivity index is 1.42. The smallest absolute Gasteiger partial charge is 0.252 e. The fourth-order valence-electron chi connectivity index (χ4n) is 4.10. The normalized spacial score (nSPS) is 10.7. The van der Waals surface area contributed by atoms with E-state index in [0.717, 1.165) is 28.1 Å². The van der Waals surface area contributed by atoms with E-state index in [0.29, 0.717) is 16.7 Å². The molecule has 0 aliphatic rings. The molecule has 0 saturated carbocycles. The molecule has 1 heterocycles. The Morgan fingerprint density at radius 2 is 1.36 bits per heavy atom. The number of para-hydroxylation sites is 1. The fraction of sp³-hybridized carbons (Fsp3) is 0.0645. The summed E-state index contributed by atoms with van der Waals surface area (Å²) < 4.78 is 1.82. The van der Waals surface area contributed by atoms with Gasteiger partial charge < -0.3 is 5.32 Å². The number of nitrogens with zero attached hydrogens (tertiary/aromatic N) is 2. The summed E-state index contributed by atoms with van der Waals surface area (Å²) >= 11 is 0. The number of aryl methyl sites for hydroxylation is 1. The highest BCUT2D eigenvalue weighted by molar-refractivity contribution is 6.15. The van der Waals surface area contributed by atoms with Gasteiger partial charge in [0, 0.05) is 35.0 Å². The first-order valence-corrected chi connectivity index (χ1v) is 11.8. The van der Waals surface area contributed by atoms with Crippen LogP contribution < -0.4 is 5.32 Å². The van der Waals surface area contributed by atoms with Crippen LogP contribution in [-0.4, -0.2) is 21.5 Å². The second-order valence-electron chi connectivity index (χ2n) is 8.57.